The second kappa shape index (κ2) is 8.42. The molecule has 0 amide bonds. The predicted molar refractivity (Wildman–Crippen MR) is 119 cm³/mol. The summed E-state index contributed by atoms with van der Waals surface area (Å²) in [7, 11) is 0. The first-order valence-corrected chi connectivity index (χ1v) is 10.9. The Labute approximate surface area is 183 Å². The SMILES string of the molecule is Clc1cccc(CSc2nnc(-c3ccc4c(c3)OCCO4)n2-c2ccccc2)c1. The van der Waals surface area contributed by atoms with Gasteiger partial charge in [0.1, 0.15) is 13.2 Å². The summed E-state index contributed by atoms with van der Waals surface area (Å²) in [5.74, 6) is 2.99. The van der Waals surface area contributed by atoms with E-state index >= 15 is 0 Å². The van der Waals surface area contributed by atoms with E-state index in [0.29, 0.717) is 13.2 Å². The van der Waals surface area contributed by atoms with Gasteiger partial charge in [0.25, 0.3) is 0 Å². The molecule has 3 aromatic carbocycles. The fraction of sp³-hybridized carbons (Fsp3) is 0.130. The van der Waals surface area contributed by atoms with Crippen LogP contribution in [0.15, 0.2) is 78.0 Å². The Morgan fingerprint density at radius 3 is 2.53 bits per heavy atom. The van der Waals surface area contributed by atoms with E-state index in [1.54, 1.807) is 11.8 Å². The van der Waals surface area contributed by atoms with Gasteiger partial charge in [0.05, 0.1) is 0 Å². The fourth-order valence-corrected chi connectivity index (χ4v) is 4.43. The Hall–Kier alpha value is -2.96. The second-order valence-electron chi connectivity index (χ2n) is 6.75. The Morgan fingerprint density at radius 1 is 0.867 bits per heavy atom. The fourth-order valence-electron chi connectivity index (χ4n) is 3.32. The molecule has 0 radical (unpaired) electrons. The van der Waals surface area contributed by atoms with Crippen molar-refractivity contribution in [2.45, 2.75) is 10.9 Å². The molecule has 0 atom stereocenters. The first kappa shape index (κ1) is 19.0. The van der Waals surface area contributed by atoms with E-state index in [2.05, 4.69) is 20.8 Å². The van der Waals surface area contributed by atoms with Gasteiger partial charge in [0.15, 0.2) is 22.5 Å². The third kappa shape index (κ3) is 3.88. The number of hydrogen-bond donors (Lipinski definition) is 0. The number of nitrogens with zero attached hydrogens (tertiary/aromatic N) is 3. The largest absolute Gasteiger partial charge is 0.486 e. The van der Waals surface area contributed by atoms with Gasteiger partial charge in [-0.05, 0) is 48.0 Å². The standard InChI is InChI=1S/C23H18ClN3O2S/c24-18-6-4-5-16(13-18)15-30-23-26-25-22(27(23)19-7-2-1-3-8-19)17-9-10-20-21(14-17)29-12-11-28-20/h1-10,13-14H,11-12,15H2. The van der Waals surface area contributed by atoms with Crippen LogP contribution in [0.4, 0.5) is 0 Å². The first-order valence-electron chi connectivity index (χ1n) is 9.56. The van der Waals surface area contributed by atoms with E-state index in [-0.39, 0.29) is 0 Å². The van der Waals surface area contributed by atoms with E-state index in [1.165, 1.54) is 0 Å². The quantitative estimate of drug-likeness (QED) is 0.379. The summed E-state index contributed by atoms with van der Waals surface area (Å²) in [5, 5.41) is 10.5. The zero-order valence-electron chi connectivity index (χ0n) is 16.0. The summed E-state index contributed by atoms with van der Waals surface area (Å²) in [6, 6.07) is 23.9. The summed E-state index contributed by atoms with van der Waals surface area (Å²) >= 11 is 7.75. The van der Waals surface area contributed by atoms with Gasteiger partial charge in [0.2, 0.25) is 0 Å². The molecule has 150 valence electrons. The van der Waals surface area contributed by atoms with Gasteiger partial charge >= 0.3 is 0 Å². The van der Waals surface area contributed by atoms with Crippen molar-refractivity contribution in [3.8, 4) is 28.6 Å². The van der Waals surface area contributed by atoms with E-state index in [0.717, 1.165) is 50.1 Å². The molecule has 30 heavy (non-hydrogen) atoms. The van der Waals surface area contributed by atoms with Gasteiger partial charge in [0, 0.05) is 22.0 Å². The van der Waals surface area contributed by atoms with Crippen LogP contribution in [0, 0.1) is 0 Å². The molecule has 1 aromatic heterocycles. The molecule has 4 aromatic rings. The number of benzene rings is 3. The Kier molecular flexibility index (Phi) is 5.34. The second-order valence-corrected chi connectivity index (χ2v) is 8.13. The van der Waals surface area contributed by atoms with Crippen molar-refractivity contribution >= 4 is 23.4 Å². The maximum Gasteiger partial charge on any atom is 0.196 e. The summed E-state index contributed by atoms with van der Waals surface area (Å²) < 4.78 is 13.5. The average molecular weight is 436 g/mol. The Bertz CT molecular complexity index is 1180. The molecule has 5 nitrogen and oxygen atoms in total. The summed E-state index contributed by atoms with van der Waals surface area (Å²) in [5.41, 5.74) is 3.06. The van der Waals surface area contributed by atoms with Gasteiger partial charge < -0.3 is 9.47 Å². The third-order valence-electron chi connectivity index (χ3n) is 4.71. The van der Waals surface area contributed by atoms with Crippen molar-refractivity contribution in [2.24, 2.45) is 0 Å². The zero-order valence-corrected chi connectivity index (χ0v) is 17.6. The molecule has 0 saturated carbocycles. The molecule has 0 N–H and O–H groups in total. The smallest absolute Gasteiger partial charge is 0.196 e. The predicted octanol–water partition coefficient (Wildman–Crippen LogP) is 5.65. The van der Waals surface area contributed by atoms with Crippen molar-refractivity contribution in [3.05, 3.63) is 83.4 Å². The lowest BCUT2D eigenvalue weighted by atomic mass is 10.1. The topological polar surface area (TPSA) is 49.2 Å². The number of para-hydroxylation sites is 1. The van der Waals surface area contributed by atoms with Crippen LogP contribution in [0.5, 0.6) is 11.5 Å². The first-order chi connectivity index (χ1) is 14.8. The number of halogens is 1. The molecule has 2 heterocycles. The minimum Gasteiger partial charge on any atom is -0.486 e. The molecule has 1 aliphatic rings. The molecule has 1 aliphatic heterocycles. The summed E-state index contributed by atoms with van der Waals surface area (Å²) in [4.78, 5) is 0. The highest BCUT2D eigenvalue weighted by Crippen LogP contribution is 2.36. The lowest BCUT2D eigenvalue weighted by Gasteiger charge is -2.19. The molecule has 0 spiro atoms. The Balaban J connectivity index is 1.53. The normalized spacial score (nSPS) is 12.7. The highest BCUT2D eigenvalue weighted by Gasteiger charge is 2.19. The minimum absolute atomic E-state index is 0.544. The molecule has 0 bridgehead atoms. The van der Waals surface area contributed by atoms with Crippen molar-refractivity contribution in [2.75, 3.05) is 13.2 Å². The van der Waals surface area contributed by atoms with Crippen molar-refractivity contribution in [3.63, 3.8) is 0 Å². The molecule has 0 unspecified atom stereocenters. The van der Waals surface area contributed by atoms with Crippen LogP contribution in [0.2, 0.25) is 5.02 Å². The van der Waals surface area contributed by atoms with Crippen LogP contribution in [0.1, 0.15) is 5.56 Å². The van der Waals surface area contributed by atoms with Gasteiger partial charge in [-0.25, -0.2) is 0 Å². The van der Waals surface area contributed by atoms with E-state index in [9.17, 15) is 0 Å². The number of thioether (sulfide) groups is 1. The van der Waals surface area contributed by atoms with Crippen LogP contribution < -0.4 is 9.47 Å². The van der Waals surface area contributed by atoms with Crippen LogP contribution in [-0.4, -0.2) is 28.0 Å². The maximum absolute atomic E-state index is 6.13. The summed E-state index contributed by atoms with van der Waals surface area (Å²) in [6.07, 6.45) is 0. The number of ether oxygens (including phenoxy) is 2. The number of fused-ring (bicyclic) bond motifs is 1. The van der Waals surface area contributed by atoms with Gasteiger partial charge in [-0.2, -0.15) is 0 Å². The van der Waals surface area contributed by atoms with E-state index < -0.39 is 0 Å². The third-order valence-corrected chi connectivity index (χ3v) is 5.94. The van der Waals surface area contributed by atoms with E-state index in [1.807, 2.05) is 66.7 Å². The lowest BCUT2D eigenvalue weighted by Crippen LogP contribution is -2.15. The highest BCUT2D eigenvalue weighted by molar-refractivity contribution is 7.98. The lowest BCUT2D eigenvalue weighted by molar-refractivity contribution is 0.171. The van der Waals surface area contributed by atoms with Gasteiger partial charge in [-0.15, -0.1) is 10.2 Å². The van der Waals surface area contributed by atoms with Gasteiger partial charge in [-0.1, -0.05) is 53.7 Å². The molecular formula is C23H18ClN3O2S. The van der Waals surface area contributed by atoms with Crippen LogP contribution in [0.3, 0.4) is 0 Å². The number of aromatic nitrogens is 3. The van der Waals surface area contributed by atoms with Crippen molar-refractivity contribution in [1.82, 2.24) is 14.8 Å². The monoisotopic (exact) mass is 435 g/mol. The Morgan fingerprint density at radius 2 is 1.70 bits per heavy atom. The molecule has 0 saturated heterocycles. The maximum atomic E-state index is 6.13. The van der Waals surface area contributed by atoms with Crippen LogP contribution in [0.25, 0.3) is 17.1 Å². The minimum atomic E-state index is 0.544. The van der Waals surface area contributed by atoms with Crippen molar-refractivity contribution < 1.29 is 9.47 Å². The zero-order chi connectivity index (χ0) is 20.3. The summed E-state index contributed by atoms with van der Waals surface area (Å²) in [6.45, 7) is 1.11. The molecule has 7 heteroatoms. The van der Waals surface area contributed by atoms with Crippen molar-refractivity contribution in [1.29, 1.82) is 0 Å². The highest BCUT2D eigenvalue weighted by atomic mass is 35.5. The number of rotatable bonds is 5. The number of hydrogen-bond acceptors (Lipinski definition) is 5. The molecular weight excluding hydrogens is 418 g/mol. The molecule has 5 rings (SSSR count). The average Bonchev–Trinajstić information content (AvgIpc) is 3.22. The molecule has 0 aliphatic carbocycles. The molecule has 0 fully saturated rings. The van der Waals surface area contributed by atoms with Crippen LogP contribution in [-0.2, 0) is 5.75 Å². The van der Waals surface area contributed by atoms with Crippen LogP contribution >= 0.6 is 23.4 Å². The van der Waals surface area contributed by atoms with E-state index in [4.69, 9.17) is 21.1 Å². The van der Waals surface area contributed by atoms with Gasteiger partial charge in [-0.3, -0.25) is 4.57 Å².